The van der Waals surface area contributed by atoms with Crippen molar-refractivity contribution in [3.63, 3.8) is 0 Å². The van der Waals surface area contributed by atoms with E-state index in [0.717, 1.165) is 12.8 Å². The minimum Gasteiger partial charge on any atom is -0.487 e. The maximum absolute atomic E-state index is 11.0. The minimum atomic E-state index is -0.455. The lowest BCUT2D eigenvalue weighted by Gasteiger charge is -2.07. The molecule has 0 aromatic heterocycles. The summed E-state index contributed by atoms with van der Waals surface area (Å²) in [6.45, 7) is 2.77. The van der Waals surface area contributed by atoms with Crippen molar-refractivity contribution in [2.24, 2.45) is 0 Å². The highest BCUT2D eigenvalue weighted by Crippen LogP contribution is 2.30. The van der Waals surface area contributed by atoms with E-state index < -0.39 is 4.92 Å². The molecule has 0 atom stereocenters. The molecule has 1 rings (SSSR count). The Hall–Kier alpha value is -1.29. The van der Waals surface area contributed by atoms with Crippen molar-refractivity contribution in [3.8, 4) is 5.75 Å². The van der Waals surface area contributed by atoms with E-state index in [4.69, 9.17) is 16.3 Å². The lowest BCUT2D eigenvalue weighted by Crippen LogP contribution is -2.00. The van der Waals surface area contributed by atoms with Crippen LogP contribution in [0.2, 0.25) is 5.02 Å². The largest absolute Gasteiger partial charge is 0.487 e. The second-order valence-corrected chi connectivity index (χ2v) is 7.04. The molecule has 0 aliphatic heterocycles. The Morgan fingerprint density at radius 3 is 1.96 bits per heavy atom. The zero-order valence-corrected chi connectivity index (χ0v) is 16.2. The number of rotatable bonds is 15. The Balaban J connectivity index is 2.00. The van der Waals surface area contributed by atoms with Crippen LogP contribution in [0.3, 0.4) is 0 Å². The molecule has 5 heteroatoms. The number of nitro benzene ring substituents is 1. The predicted octanol–water partition coefficient (Wildman–Crippen LogP) is 7.33. The van der Waals surface area contributed by atoms with Gasteiger partial charge in [0.25, 0.3) is 0 Å². The normalized spacial score (nSPS) is 10.8. The van der Waals surface area contributed by atoms with Crippen molar-refractivity contribution >= 4 is 17.3 Å². The first-order valence-electron chi connectivity index (χ1n) is 9.72. The molecular weight excluding hydrogens is 338 g/mol. The van der Waals surface area contributed by atoms with E-state index in [1.165, 1.54) is 70.3 Å². The van der Waals surface area contributed by atoms with Crippen LogP contribution in [0.1, 0.15) is 84.0 Å². The summed E-state index contributed by atoms with van der Waals surface area (Å²) in [6, 6.07) is 4.52. The number of halogens is 1. The highest BCUT2D eigenvalue weighted by atomic mass is 35.5. The van der Waals surface area contributed by atoms with Crippen molar-refractivity contribution in [3.05, 3.63) is 33.3 Å². The maximum Gasteiger partial charge on any atom is 0.312 e. The fourth-order valence-electron chi connectivity index (χ4n) is 2.88. The van der Waals surface area contributed by atoms with Crippen LogP contribution in [-0.4, -0.2) is 11.5 Å². The van der Waals surface area contributed by atoms with Gasteiger partial charge < -0.3 is 4.74 Å². The van der Waals surface area contributed by atoms with Crippen LogP contribution in [0.15, 0.2) is 18.2 Å². The lowest BCUT2D eigenvalue weighted by molar-refractivity contribution is -0.385. The molecular formula is C20H32ClNO3. The van der Waals surface area contributed by atoms with E-state index in [0.29, 0.717) is 17.4 Å². The van der Waals surface area contributed by atoms with Crippen molar-refractivity contribution in [1.29, 1.82) is 0 Å². The molecule has 0 radical (unpaired) electrons. The second-order valence-electron chi connectivity index (χ2n) is 6.61. The summed E-state index contributed by atoms with van der Waals surface area (Å²) in [5, 5.41) is 11.3. The number of hydrogen-bond acceptors (Lipinski definition) is 3. The van der Waals surface area contributed by atoms with Gasteiger partial charge in [-0.15, -0.1) is 0 Å². The standard InChI is InChI=1S/C20H32ClNO3/c1-2-3-4-5-6-7-8-9-10-11-12-13-16-25-20-15-14-18(21)17-19(20)22(23)24/h14-15,17H,2-13,16H2,1H3. The zero-order valence-electron chi connectivity index (χ0n) is 15.5. The Morgan fingerprint density at radius 2 is 1.44 bits per heavy atom. The van der Waals surface area contributed by atoms with Crippen LogP contribution in [0.5, 0.6) is 5.75 Å². The van der Waals surface area contributed by atoms with Crippen molar-refractivity contribution in [2.75, 3.05) is 6.61 Å². The second kappa shape index (κ2) is 13.9. The van der Waals surface area contributed by atoms with Gasteiger partial charge in [-0.3, -0.25) is 10.1 Å². The molecule has 1 aromatic rings. The third-order valence-corrected chi connectivity index (χ3v) is 4.61. The summed E-state index contributed by atoms with van der Waals surface area (Å²) >= 11 is 5.79. The molecule has 142 valence electrons. The summed E-state index contributed by atoms with van der Waals surface area (Å²) in [5.74, 6) is 0.303. The van der Waals surface area contributed by atoms with E-state index in [9.17, 15) is 10.1 Å². The molecule has 0 saturated heterocycles. The smallest absolute Gasteiger partial charge is 0.312 e. The van der Waals surface area contributed by atoms with Gasteiger partial charge >= 0.3 is 5.69 Å². The summed E-state index contributed by atoms with van der Waals surface area (Å²) in [6.07, 6.45) is 15.4. The molecule has 0 saturated carbocycles. The third-order valence-electron chi connectivity index (χ3n) is 4.37. The number of hydrogen-bond donors (Lipinski definition) is 0. The molecule has 0 bridgehead atoms. The van der Waals surface area contributed by atoms with Gasteiger partial charge in [0.2, 0.25) is 0 Å². The van der Waals surface area contributed by atoms with E-state index in [-0.39, 0.29) is 5.69 Å². The highest BCUT2D eigenvalue weighted by molar-refractivity contribution is 6.30. The topological polar surface area (TPSA) is 52.4 Å². The quantitative estimate of drug-likeness (QED) is 0.185. The molecule has 0 aliphatic carbocycles. The van der Waals surface area contributed by atoms with Crippen molar-refractivity contribution in [1.82, 2.24) is 0 Å². The molecule has 0 amide bonds. The fourth-order valence-corrected chi connectivity index (χ4v) is 3.05. The summed E-state index contributed by atoms with van der Waals surface area (Å²) in [5.41, 5.74) is -0.0635. The molecule has 4 nitrogen and oxygen atoms in total. The first-order valence-corrected chi connectivity index (χ1v) is 10.1. The predicted molar refractivity (Wildman–Crippen MR) is 105 cm³/mol. The molecule has 0 heterocycles. The molecule has 25 heavy (non-hydrogen) atoms. The molecule has 1 aromatic carbocycles. The Labute approximate surface area is 157 Å². The fraction of sp³-hybridized carbons (Fsp3) is 0.700. The number of nitrogens with zero attached hydrogens (tertiary/aromatic N) is 1. The van der Waals surface area contributed by atoms with Gasteiger partial charge in [0.15, 0.2) is 5.75 Å². The zero-order chi connectivity index (χ0) is 18.3. The van der Waals surface area contributed by atoms with Gasteiger partial charge in [-0.2, -0.15) is 0 Å². The number of nitro groups is 1. The van der Waals surface area contributed by atoms with Crippen molar-refractivity contribution in [2.45, 2.75) is 84.0 Å². The maximum atomic E-state index is 11.0. The Kier molecular flexibility index (Phi) is 12.1. The van der Waals surface area contributed by atoms with Crippen LogP contribution in [0.4, 0.5) is 5.69 Å². The van der Waals surface area contributed by atoms with Crippen molar-refractivity contribution < 1.29 is 9.66 Å². The van der Waals surface area contributed by atoms with Gasteiger partial charge in [0.05, 0.1) is 11.5 Å². The van der Waals surface area contributed by atoms with E-state index >= 15 is 0 Å². The average molecular weight is 370 g/mol. The Morgan fingerprint density at radius 1 is 0.920 bits per heavy atom. The van der Waals surface area contributed by atoms with Crippen LogP contribution >= 0.6 is 11.6 Å². The van der Waals surface area contributed by atoms with Crippen LogP contribution < -0.4 is 4.74 Å². The third kappa shape index (κ3) is 10.3. The summed E-state index contributed by atoms with van der Waals surface area (Å²) in [7, 11) is 0. The average Bonchev–Trinajstić information content (AvgIpc) is 2.60. The summed E-state index contributed by atoms with van der Waals surface area (Å²) in [4.78, 5) is 10.5. The lowest BCUT2D eigenvalue weighted by atomic mass is 10.1. The molecule has 0 aliphatic rings. The Bertz CT molecular complexity index is 494. The number of benzene rings is 1. The van der Waals surface area contributed by atoms with Crippen LogP contribution in [0.25, 0.3) is 0 Å². The van der Waals surface area contributed by atoms with Crippen LogP contribution in [-0.2, 0) is 0 Å². The highest BCUT2D eigenvalue weighted by Gasteiger charge is 2.15. The van der Waals surface area contributed by atoms with Gasteiger partial charge in [0, 0.05) is 11.1 Å². The van der Waals surface area contributed by atoms with E-state index in [1.807, 2.05) is 0 Å². The molecule has 0 unspecified atom stereocenters. The monoisotopic (exact) mass is 369 g/mol. The summed E-state index contributed by atoms with van der Waals surface area (Å²) < 4.78 is 5.54. The van der Waals surface area contributed by atoms with Gasteiger partial charge in [-0.25, -0.2) is 0 Å². The molecule has 0 N–H and O–H groups in total. The first kappa shape index (κ1) is 21.8. The number of unbranched alkanes of at least 4 members (excludes halogenated alkanes) is 11. The molecule has 0 spiro atoms. The van der Waals surface area contributed by atoms with Crippen LogP contribution in [0, 0.1) is 10.1 Å². The van der Waals surface area contributed by atoms with E-state index in [2.05, 4.69) is 6.92 Å². The van der Waals surface area contributed by atoms with Gasteiger partial charge in [-0.1, -0.05) is 89.2 Å². The number of ether oxygens (including phenoxy) is 1. The van der Waals surface area contributed by atoms with E-state index in [1.54, 1.807) is 12.1 Å². The minimum absolute atomic E-state index is 0.0635. The SMILES string of the molecule is CCCCCCCCCCCCCCOc1ccc(Cl)cc1[N+](=O)[O-]. The molecule has 0 fully saturated rings. The first-order chi connectivity index (χ1) is 12.1. The van der Waals surface area contributed by atoms with Gasteiger partial charge in [-0.05, 0) is 18.6 Å². The van der Waals surface area contributed by atoms with Gasteiger partial charge in [0.1, 0.15) is 0 Å².